The van der Waals surface area contributed by atoms with E-state index in [1.807, 2.05) is 12.1 Å². The Morgan fingerprint density at radius 1 is 1.16 bits per heavy atom. The minimum Gasteiger partial charge on any atom is -0.370 e. The molecule has 1 aromatic carbocycles. The third-order valence-corrected chi connectivity index (χ3v) is 6.47. The van der Waals surface area contributed by atoms with Gasteiger partial charge in [0.1, 0.15) is 0 Å². The van der Waals surface area contributed by atoms with Crippen LogP contribution in [-0.2, 0) is 22.5 Å². The lowest BCUT2D eigenvalue weighted by Crippen LogP contribution is -2.43. The molecule has 4 nitrogen and oxygen atoms in total. The third-order valence-electron chi connectivity index (χ3n) is 6.06. The number of ether oxygens (including phenoxy) is 1. The van der Waals surface area contributed by atoms with Gasteiger partial charge in [-0.2, -0.15) is 13.2 Å². The fourth-order valence-corrected chi connectivity index (χ4v) is 4.92. The van der Waals surface area contributed by atoms with E-state index in [0.717, 1.165) is 37.8 Å². The highest BCUT2D eigenvalue weighted by molar-refractivity contribution is 6.33. The number of piperidine rings is 1. The number of anilines is 1. The zero-order valence-electron chi connectivity index (χ0n) is 17.5. The van der Waals surface area contributed by atoms with Gasteiger partial charge < -0.3 is 9.64 Å². The molecule has 0 amide bonds. The van der Waals surface area contributed by atoms with E-state index in [1.165, 1.54) is 11.1 Å². The maximum atomic E-state index is 12.3. The molecule has 2 aliphatic rings. The summed E-state index contributed by atoms with van der Waals surface area (Å²) in [4.78, 5) is 10.2. The lowest BCUT2D eigenvalue weighted by molar-refractivity contribution is -0.136. The molecule has 1 aromatic heterocycles. The first-order valence-electron chi connectivity index (χ1n) is 10.3. The van der Waals surface area contributed by atoms with Gasteiger partial charge in [0, 0.05) is 25.5 Å². The van der Waals surface area contributed by atoms with Crippen LogP contribution < -0.4 is 4.90 Å². The van der Waals surface area contributed by atoms with E-state index in [9.17, 15) is 13.2 Å². The number of nitrogens with zero attached hydrogens (tertiary/aromatic N) is 3. The molecule has 0 saturated carbocycles. The molecule has 2 aliphatic heterocycles. The van der Waals surface area contributed by atoms with E-state index in [-0.39, 0.29) is 17.7 Å². The highest BCUT2D eigenvalue weighted by Gasteiger charge is 2.50. The van der Waals surface area contributed by atoms with Crippen molar-refractivity contribution >= 4 is 23.5 Å². The molecule has 1 spiro atoms. The number of alkyl halides is 3. The number of aliphatic imine (C=N–C) groups is 1. The van der Waals surface area contributed by atoms with E-state index < -0.39 is 12.6 Å². The molecular formula is C23H25ClF3N3O. The normalized spacial score (nSPS) is 19.9. The zero-order chi connectivity index (χ0) is 22.3. The SMILES string of the molecule is CC1(C)OC2(CCN(c3ccnc(CN=CCC(F)(F)F)c3Cl)CC2)c2ccccc21. The molecule has 0 N–H and O–H groups in total. The van der Waals surface area contributed by atoms with Crippen LogP contribution in [0.25, 0.3) is 0 Å². The summed E-state index contributed by atoms with van der Waals surface area (Å²) in [5.41, 5.74) is 3.18. The Hall–Kier alpha value is -2.12. The van der Waals surface area contributed by atoms with Crippen LogP contribution in [0, 0.1) is 0 Å². The summed E-state index contributed by atoms with van der Waals surface area (Å²) in [6.45, 7) is 5.75. The average molecular weight is 452 g/mol. The van der Waals surface area contributed by atoms with Gasteiger partial charge in [0.2, 0.25) is 0 Å². The van der Waals surface area contributed by atoms with Crippen LogP contribution in [0.15, 0.2) is 41.5 Å². The Kier molecular flexibility index (Phi) is 5.77. The molecule has 0 bridgehead atoms. The predicted molar refractivity (Wildman–Crippen MR) is 116 cm³/mol. The average Bonchev–Trinajstić information content (AvgIpc) is 2.93. The van der Waals surface area contributed by atoms with Gasteiger partial charge in [-0.25, -0.2) is 0 Å². The van der Waals surface area contributed by atoms with Crippen LogP contribution in [0.5, 0.6) is 0 Å². The second-order valence-corrected chi connectivity index (χ2v) is 8.95. The number of halogens is 4. The number of benzene rings is 1. The quantitative estimate of drug-likeness (QED) is 0.533. The van der Waals surface area contributed by atoms with Crippen molar-refractivity contribution in [3.05, 3.63) is 58.4 Å². The van der Waals surface area contributed by atoms with Crippen molar-refractivity contribution in [1.82, 2.24) is 4.98 Å². The van der Waals surface area contributed by atoms with E-state index in [0.29, 0.717) is 10.7 Å². The molecule has 0 aliphatic carbocycles. The van der Waals surface area contributed by atoms with Gasteiger partial charge in [-0.1, -0.05) is 35.9 Å². The Labute approximate surface area is 185 Å². The molecule has 1 fully saturated rings. The maximum absolute atomic E-state index is 12.3. The summed E-state index contributed by atoms with van der Waals surface area (Å²) < 4.78 is 43.4. The maximum Gasteiger partial charge on any atom is 0.393 e. The molecule has 2 aromatic rings. The van der Waals surface area contributed by atoms with E-state index in [2.05, 4.69) is 46.9 Å². The third kappa shape index (κ3) is 4.44. The predicted octanol–water partition coefficient (Wildman–Crippen LogP) is 6.02. The zero-order valence-corrected chi connectivity index (χ0v) is 18.3. The Morgan fingerprint density at radius 3 is 2.52 bits per heavy atom. The second kappa shape index (κ2) is 8.10. The Morgan fingerprint density at radius 2 is 1.84 bits per heavy atom. The van der Waals surface area contributed by atoms with Gasteiger partial charge in [-0.15, -0.1) is 0 Å². The van der Waals surface area contributed by atoms with E-state index in [1.54, 1.807) is 6.20 Å². The molecule has 166 valence electrons. The molecule has 0 radical (unpaired) electrons. The van der Waals surface area contributed by atoms with E-state index in [4.69, 9.17) is 16.3 Å². The van der Waals surface area contributed by atoms with Crippen LogP contribution in [0.2, 0.25) is 5.02 Å². The van der Waals surface area contributed by atoms with Crippen LogP contribution in [0.4, 0.5) is 18.9 Å². The molecule has 4 rings (SSSR count). The standard InChI is InChI=1S/C23H25ClF3N3O/c1-21(2)16-5-3-4-6-17(16)22(31-21)9-13-30(14-10-22)19-7-11-29-18(20(19)24)15-28-12-8-23(25,26)27/h3-7,11-12H,8-10,13-15H2,1-2H3. The fraction of sp³-hybridized carbons (Fsp3) is 0.478. The van der Waals surface area contributed by atoms with Crippen molar-refractivity contribution in [2.45, 2.75) is 57.0 Å². The first-order valence-corrected chi connectivity index (χ1v) is 10.7. The van der Waals surface area contributed by atoms with Crippen LogP contribution in [-0.4, -0.2) is 30.5 Å². The molecule has 31 heavy (non-hydrogen) atoms. The number of hydrogen-bond donors (Lipinski definition) is 0. The lowest BCUT2D eigenvalue weighted by atomic mass is 9.82. The molecule has 0 atom stereocenters. The topological polar surface area (TPSA) is 37.7 Å². The second-order valence-electron chi connectivity index (χ2n) is 8.57. The largest absolute Gasteiger partial charge is 0.393 e. The van der Waals surface area contributed by atoms with Crippen molar-refractivity contribution in [2.75, 3.05) is 18.0 Å². The molecule has 1 saturated heterocycles. The molecule has 0 unspecified atom stereocenters. The number of hydrogen-bond acceptors (Lipinski definition) is 4. The highest BCUT2D eigenvalue weighted by Crippen LogP contribution is 2.52. The molecule has 3 heterocycles. The van der Waals surface area contributed by atoms with Gasteiger partial charge in [0.05, 0.1) is 40.6 Å². The van der Waals surface area contributed by atoms with E-state index >= 15 is 0 Å². The first-order chi connectivity index (χ1) is 14.6. The molecular weight excluding hydrogens is 427 g/mol. The number of pyridine rings is 1. The monoisotopic (exact) mass is 451 g/mol. The van der Waals surface area contributed by atoms with Crippen molar-refractivity contribution in [1.29, 1.82) is 0 Å². The van der Waals surface area contributed by atoms with Crippen LogP contribution >= 0.6 is 11.6 Å². The van der Waals surface area contributed by atoms with Gasteiger partial charge in [-0.05, 0) is 43.9 Å². The van der Waals surface area contributed by atoms with Gasteiger partial charge in [-0.3, -0.25) is 9.98 Å². The lowest BCUT2D eigenvalue weighted by Gasteiger charge is -2.41. The smallest absolute Gasteiger partial charge is 0.370 e. The summed E-state index contributed by atoms with van der Waals surface area (Å²) in [6.07, 6.45) is -1.18. The molecule has 8 heteroatoms. The van der Waals surface area contributed by atoms with Gasteiger partial charge in [0.15, 0.2) is 0 Å². The Bertz CT molecular complexity index is 982. The summed E-state index contributed by atoms with van der Waals surface area (Å²) in [6, 6.07) is 10.3. The number of rotatable bonds is 4. The fourth-order valence-electron chi connectivity index (χ4n) is 4.63. The minimum absolute atomic E-state index is 0.0191. The van der Waals surface area contributed by atoms with Crippen molar-refractivity contribution in [2.24, 2.45) is 4.99 Å². The highest BCUT2D eigenvalue weighted by atomic mass is 35.5. The van der Waals surface area contributed by atoms with Crippen molar-refractivity contribution in [3.8, 4) is 0 Å². The van der Waals surface area contributed by atoms with Gasteiger partial charge in [0.25, 0.3) is 0 Å². The van der Waals surface area contributed by atoms with Crippen molar-refractivity contribution in [3.63, 3.8) is 0 Å². The van der Waals surface area contributed by atoms with Crippen LogP contribution in [0.1, 0.15) is 49.9 Å². The first kappa shape index (κ1) is 22.1. The van der Waals surface area contributed by atoms with Gasteiger partial charge >= 0.3 is 6.18 Å². The minimum atomic E-state index is -4.26. The van der Waals surface area contributed by atoms with Crippen LogP contribution in [0.3, 0.4) is 0 Å². The number of fused-ring (bicyclic) bond motifs is 2. The number of aromatic nitrogens is 1. The summed E-state index contributed by atoms with van der Waals surface area (Å²) in [7, 11) is 0. The van der Waals surface area contributed by atoms with Crippen molar-refractivity contribution < 1.29 is 17.9 Å². The summed E-state index contributed by atoms with van der Waals surface area (Å²) >= 11 is 6.56. The Balaban J connectivity index is 1.48. The summed E-state index contributed by atoms with van der Waals surface area (Å²) in [5.74, 6) is 0. The summed E-state index contributed by atoms with van der Waals surface area (Å²) in [5, 5.41) is 0.440.